The van der Waals surface area contributed by atoms with Crippen LogP contribution in [0.15, 0.2) is 34.8 Å². The minimum Gasteiger partial charge on any atom is -0.492 e. The van der Waals surface area contributed by atoms with Crippen molar-refractivity contribution in [3.63, 3.8) is 0 Å². The summed E-state index contributed by atoms with van der Waals surface area (Å²) >= 11 is 3.12. The van der Waals surface area contributed by atoms with Crippen LogP contribution in [0.4, 0.5) is 13.2 Å². The molecule has 0 amide bonds. The summed E-state index contributed by atoms with van der Waals surface area (Å²) in [6.07, 6.45) is -3.38. The minimum absolute atomic E-state index is 0.0598. The summed E-state index contributed by atoms with van der Waals surface area (Å²) in [5.74, 6) is 0.883. The largest absolute Gasteiger partial charge is 0.492 e. The zero-order chi connectivity index (χ0) is 20.8. The molecule has 4 rings (SSSR count). The monoisotopic (exact) mass is 470 g/mol. The summed E-state index contributed by atoms with van der Waals surface area (Å²) in [5.41, 5.74) is 1.65. The Morgan fingerprint density at radius 3 is 2.72 bits per heavy atom. The SMILES string of the molecule is COC(=O)C[C@H]1COc2cc(OC3CCc4c3ccc(C(F)(F)F)c4Br)ccc21. The third kappa shape index (κ3) is 3.82. The van der Waals surface area contributed by atoms with Gasteiger partial charge in [-0.25, -0.2) is 0 Å². The maximum atomic E-state index is 13.1. The lowest BCUT2D eigenvalue weighted by atomic mass is 9.98. The number of esters is 1. The maximum Gasteiger partial charge on any atom is 0.417 e. The number of halogens is 4. The van der Waals surface area contributed by atoms with E-state index in [1.807, 2.05) is 6.07 Å². The predicted molar refractivity (Wildman–Crippen MR) is 102 cm³/mol. The second-order valence-corrected chi connectivity index (χ2v) is 7.92. The molecule has 154 valence electrons. The predicted octanol–water partition coefficient (Wildman–Crippen LogP) is 5.57. The molecule has 0 N–H and O–H groups in total. The van der Waals surface area contributed by atoms with Crippen LogP contribution in [-0.4, -0.2) is 19.7 Å². The van der Waals surface area contributed by atoms with Gasteiger partial charge in [-0.2, -0.15) is 13.2 Å². The summed E-state index contributed by atoms with van der Waals surface area (Å²) in [6, 6.07) is 8.02. The second-order valence-electron chi connectivity index (χ2n) is 7.13. The molecule has 1 heterocycles. The molecule has 1 aliphatic carbocycles. The van der Waals surface area contributed by atoms with Gasteiger partial charge in [0.2, 0.25) is 0 Å². The van der Waals surface area contributed by atoms with Gasteiger partial charge < -0.3 is 14.2 Å². The van der Waals surface area contributed by atoms with E-state index in [1.54, 1.807) is 12.1 Å². The lowest BCUT2D eigenvalue weighted by Crippen LogP contribution is -2.09. The van der Waals surface area contributed by atoms with E-state index in [1.165, 1.54) is 13.2 Å². The molecule has 4 nitrogen and oxygen atoms in total. The quantitative estimate of drug-likeness (QED) is 0.547. The molecule has 0 saturated heterocycles. The summed E-state index contributed by atoms with van der Waals surface area (Å²) in [5, 5.41) is 0. The van der Waals surface area contributed by atoms with Crippen LogP contribution in [-0.2, 0) is 22.1 Å². The third-order valence-corrected chi connectivity index (χ3v) is 6.28. The normalized spacial score (nSPS) is 20.0. The smallest absolute Gasteiger partial charge is 0.417 e. The van der Waals surface area contributed by atoms with Crippen LogP contribution in [0.2, 0.25) is 0 Å². The van der Waals surface area contributed by atoms with Crippen LogP contribution in [0.25, 0.3) is 0 Å². The molecular weight excluding hydrogens is 453 g/mol. The van der Waals surface area contributed by atoms with Gasteiger partial charge in [-0.05, 0) is 52.0 Å². The van der Waals surface area contributed by atoms with Crippen LogP contribution < -0.4 is 9.47 Å². The van der Waals surface area contributed by atoms with Crippen molar-refractivity contribution in [2.75, 3.05) is 13.7 Å². The first-order valence-corrected chi connectivity index (χ1v) is 9.96. The van der Waals surface area contributed by atoms with Crippen molar-refractivity contribution in [3.8, 4) is 11.5 Å². The Kier molecular flexibility index (Phi) is 5.23. The van der Waals surface area contributed by atoms with Crippen molar-refractivity contribution >= 4 is 21.9 Å². The van der Waals surface area contributed by atoms with Gasteiger partial charge in [0.1, 0.15) is 17.6 Å². The molecule has 0 aromatic heterocycles. The average molecular weight is 471 g/mol. The summed E-state index contributed by atoms with van der Waals surface area (Å²) < 4.78 is 55.9. The molecule has 0 saturated carbocycles. The zero-order valence-electron chi connectivity index (χ0n) is 15.5. The molecule has 1 unspecified atom stereocenters. The number of alkyl halides is 3. The number of benzene rings is 2. The van der Waals surface area contributed by atoms with Gasteiger partial charge in [0.15, 0.2) is 0 Å². The number of rotatable bonds is 4. The zero-order valence-corrected chi connectivity index (χ0v) is 17.1. The van der Waals surface area contributed by atoms with Crippen molar-refractivity contribution in [2.45, 2.75) is 37.5 Å². The fourth-order valence-electron chi connectivity index (χ4n) is 3.91. The first-order chi connectivity index (χ1) is 13.8. The Morgan fingerprint density at radius 2 is 2.00 bits per heavy atom. The Labute approximate surface area is 174 Å². The molecule has 0 bridgehead atoms. The van der Waals surface area contributed by atoms with Crippen molar-refractivity contribution in [1.29, 1.82) is 0 Å². The van der Waals surface area contributed by atoms with Crippen LogP contribution in [0.1, 0.15) is 47.1 Å². The summed E-state index contributed by atoms with van der Waals surface area (Å²) in [4.78, 5) is 11.5. The Balaban J connectivity index is 1.53. The minimum atomic E-state index is -4.40. The maximum absolute atomic E-state index is 13.1. The highest BCUT2D eigenvalue weighted by Gasteiger charge is 2.37. The Morgan fingerprint density at radius 1 is 1.24 bits per heavy atom. The lowest BCUT2D eigenvalue weighted by molar-refractivity contribution is -0.141. The molecule has 1 aliphatic heterocycles. The summed E-state index contributed by atoms with van der Waals surface area (Å²) in [6.45, 7) is 0.396. The standard InChI is InChI=1S/C21H18BrF3O4/c1-27-19(26)8-11-10-28-18-9-12(2-3-13(11)18)29-17-7-5-15-14(17)4-6-16(20(15)22)21(23,24)25/h2-4,6,9,11,17H,5,7-8,10H2,1H3/t11-,17?/m0/s1. The van der Waals surface area contributed by atoms with Gasteiger partial charge in [0.25, 0.3) is 0 Å². The number of carbonyl (C=O) groups excluding carboxylic acids is 1. The molecule has 2 aromatic carbocycles. The topological polar surface area (TPSA) is 44.8 Å². The number of hydrogen-bond donors (Lipinski definition) is 0. The molecule has 0 spiro atoms. The molecule has 2 aromatic rings. The summed E-state index contributed by atoms with van der Waals surface area (Å²) in [7, 11) is 1.35. The Hall–Kier alpha value is -2.22. The second kappa shape index (κ2) is 7.55. The fraction of sp³-hybridized carbons (Fsp3) is 0.381. The highest BCUT2D eigenvalue weighted by atomic mass is 79.9. The van der Waals surface area contributed by atoms with Gasteiger partial charge in [-0.1, -0.05) is 12.1 Å². The van der Waals surface area contributed by atoms with Crippen molar-refractivity contribution in [2.24, 2.45) is 0 Å². The highest BCUT2D eigenvalue weighted by molar-refractivity contribution is 9.10. The van der Waals surface area contributed by atoms with E-state index >= 15 is 0 Å². The van der Waals surface area contributed by atoms with Crippen LogP contribution in [0.5, 0.6) is 11.5 Å². The number of methoxy groups -OCH3 is 1. The van der Waals surface area contributed by atoms with Crippen molar-refractivity contribution in [1.82, 2.24) is 0 Å². The van der Waals surface area contributed by atoms with Crippen LogP contribution in [0.3, 0.4) is 0 Å². The first kappa shape index (κ1) is 20.1. The van der Waals surface area contributed by atoms with Crippen LogP contribution in [0, 0.1) is 0 Å². The average Bonchev–Trinajstić information content (AvgIpc) is 3.26. The van der Waals surface area contributed by atoms with Gasteiger partial charge in [-0.15, -0.1) is 0 Å². The van der Waals surface area contributed by atoms with E-state index in [-0.39, 0.29) is 28.9 Å². The van der Waals surface area contributed by atoms with E-state index < -0.39 is 11.7 Å². The van der Waals surface area contributed by atoms with Crippen molar-refractivity contribution < 1.29 is 32.2 Å². The van der Waals surface area contributed by atoms with E-state index in [2.05, 4.69) is 15.9 Å². The molecule has 2 atom stereocenters. The number of carbonyl (C=O) groups is 1. The fourth-order valence-corrected chi connectivity index (χ4v) is 4.70. The van der Waals surface area contributed by atoms with E-state index in [9.17, 15) is 18.0 Å². The highest BCUT2D eigenvalue weighted by Crippen LogP contribution is 2.45. The first-order valence-electron chi connectivity index (χ1n) is 9.16. The van der Waals surface area contributed by atoms with E-state index in [0.29, 0.717) is 36.5 Å². The van der Waals surface area contributed by atoms with Gasteiger partial charge in [0.05, 0.1) is 25.7 Å². The van der Waals surface area contributed by atoms with E-state index in [0.717, 1.165) is 17.2 Å². The Bertz CT molecular complexity index is 958. The molecular formula is C21H18BrF3O4. The third-order valence-electron chi connectivity index (χ3n) is 5.37. The van der Waals surface area contributed by atoms with Gasteiger partial charge in [-0.3, -0.25) is 4.79 Å². The lowest BCUT2D eigenvalue weighted by Gasteiger charge is -2.17. The molecule has 0 radical (unpaired) electrons. The molecule has 29 heavy (non-hydrogen) atoms. The van der Waals surface area contributed by atoms with E-state index in [4.69, 9.17) is 14.2 Å². The number of hydrogen-bond acceptors (Lipinski definition) is 4. The van der Waals surface area contributed by atoms with Crippen LogP contribution >= 0.6 is 15.9 Å². The van der Waals surface area contributed by atoms with Gasteiger partial charge in [0, 0.05) is 22.0 Å². The van der Waals surface area contributed by atoms with Gasteiger partial charge >= 0.3 is 12.1 Å². The molecule has 8 heteroatoms. The molecule has 2 aliphatic rings. The molecule has 0 fully saturated rings. The number of fused-ring (bicyclic) bond motifs is 2. The van der Waals surface area contributed by atoms with Crippen molar-refractivity contribution in [3.05, 3.63) is 57.1 Å². The number of ether oxygens (including phenoxy) is 3.